The monoisotopic (exact) mass is 165 g/mol. The molecule has 0 aromatic heterocycles. The smallest absolute Gasteiger partial charge is 0.163 e. The van der Waals surface area contributed by atoms with E-state index in [0.717, 1.165) is 0 Å². The maximum absolute atomic E-state index is 11.0. The van der Waals surface area contributed by atoms with Gasteiger partial charge in [-0.05, 0) is 13.8 Å². The van der Waals surface area contributed by atoms with Crippen LogP contribution in [0, 0.1) is 6.08 Å². The first-order valence-electron chi connectivity index (χ1n) is 3.57. The van der Waals surface area contributed by atoms with Gasteiger partial charge in [0.2, 0.25) is 0 Å². The number of hydrogen-bond acceptors (Lipinski definition) is 3. The molecule has 1 radical (unpaired) electrons. The zero-order valence-electron chi connectivity index (χ0n) is 7.01. The summed E-state index contributed by atoms with van der Waals surface area (Å²) in [6.45, 7) is 3.04. The van der Waals surface area contributed by atoms with Crippen LogP contribution >= 0.6 is 0 Å². The quantitative estimate of drug-likeness (QED) is 0.608. The zero-order valence-corrected chi connectivity index (χ0v) is 7.01. The second kappa shape index (κ2) is 3.34. The molecule has 12 heavy (non-hydrogen) atoms. The Morgan fingerprint density at radius 2 is 2.08 bits per heavy atom. The summed E-state index contributed by atoms with van der Waals surface area (Å²) < 4.78 is 4.86. The van der Waals surface area contributed by atoms with E-state index in [9.17, 15) is 9.59 Å². The van der Waals surface area contributed by atoms with Crippen molar-refractivity contribution in [2.75, 3.05) is 6.61 Å². The Morgan fingerprint density at radius 3 is 2.50 bits per heavy atom. The first-order chi connectivity index (χ1) is 5.63. The third kappa shape index (κ3) is 1.61. The molecule has 0 fully saturated rings. The molecule has 0 spiro atoms. The maximum Gasteiger partial charge on any atom is 0.163 e. The summed E-state index contributed by atoms with van der Waals surface area (Å²) in [6.07, 6.45) is 4.02. The Balaban J connectivity index is 2.98. The van der Waals surface area contributed by atoms with E-state index in [2.05, 4.69) is 6.08 Å². The standard InChI is InChI=1S/C9H9O3/c1-6(10)8-3-4-12-5-9(8)7(2)11/h5H,4H2,1-2H3. The molecule has 3 nitrogen and oxygen atoms in total. The minimum Gasteiger partial charge on any atom is -0.496 e. The molecule has 0 aromatic carbocycles. The summed E-state index contributed by atoms with van der Waals surface area (Å²) in [5.41, 5.74) is 0.655. The summed E-state index contributed by atoms with van der Waals surface area (Å²) in [7, 11) is 0. The van der Waals surface area contributed by atoms with Crippen LogP contribution in [0.3, 0.4) is 0 Å². The Bertz CT molecular complexity index is 254. The number of hydrogen-bond donors (Lipinski definition) is 0. The lowest BCUT2D eigenvalue weighted by atomic mass is 9.99. The van der Waals surface area contributed by atoms with Crippen LogP contribution in [0.4, 0.5) is 0 Å². The number of carbonyl (C=O) groups is 2. The van der Waals surface area contributed by atoms with Crippen molar-refractivity contribution in [3.8, 4) is 0 Å². The SMILES string of the molecule is CC(=O)C1=[C]COC=C1C(C)=O. The minimum absolute atomic E-state index is 0.153. The van der Waals surface area contributed by atoms with Gasteiger partial charge in [0.1, 0.15) is 6.61 Å². The molecule has 0 aliphatic carbocycles. The molecule has 3 heteroatoms. The third-order valence-corrected chi connectivity index (χ3v) is 1.53. The van der Waals surface area contributed by atoms with Crippen LogP contribution in [0.2, 0.25) is 0 Å². The largest absolute Gasteiger partial charge is 0.496 e. The maximum atomic E-state index is 11.0. The summed E-state index contributed by atoms with van der Waals surface area (Å²) in [4.78, 5) is 21.9. The average Bonchev–Trinajstić information content (AvgIpc) is 2.04. The van der Waals surface area contributed by atoms with E-state index in [0.29, 0.717) is 11.1 Å². The molecular weight excluding hydrogens is 156 g/mol. The highest BCUT2D eigenvalue weighted by atomic mass is 16.5. The van der Waals surface area contributed by atoms with Gasteiger partial charge >= 0.3 is 0 Å². The number of ether oxygens (including phenoxy) is 1. The van der Waals surface area contributed by atoms with Crippen LogP contribution < -0.4 is 0 Å². The van der Waals surface area contributed by atoms with E-state index in [1.54, 1.807) is 0 Å². The van der Waals surface area contributed by atoms with Crippen molar-refractivity contribution in [3.05, 3.63) is 23.5 Å². The fourth-order valence-corrected chi connectivity index (χ4v) is 0.966. The van der Waals surface area contributed by atoms with Crippen molar-refractivity contribution in [2.45, 2.75) is 13.8 Å². The lowest BCUT2D eigenvalue weighted by molar-refractivity contribution is -0.116. The van der Waals surface area contributed by atoms with Crippen molar-refractivity contribution in [1.82, 2.24) is 0 Å². The molecule has 1 aliphatic rings. The van der Waals surface area contributed by atoms with Crippen LogP contribution in [0.1, 0.15) is 13.8 Å². The van der Waals surface area contributed by atoms with E-state index < -0.39 is 0 Å². The second-order valence-corrected chi connectivity index (χ2v) is 2.51. The molecule has 0 amide bonds. The number of carbonyl (C=O) groups excluding carboxylic acids is 2. The van der Waals surface area contributed by atoms with Gasteiger partial charge in [-0.3, -0.25) is 9.59 Å². The number of ketones is 2. The highest BCUT2D eigenvalue weighted by Gasteiger charge is 2.17. The second-order valence-electron chi connectivity index (χ2n) is 2.51. The first kappa shape index (κ1) is 8.71. The van der Waals surface area contributed by atoms with Crippen LogP contribution in [-0.4, -0.2) is 18.2 Å². The molecule has 0 N–H and O–H groups in total. The van der Waals surface area contributed by atoms with E-state index in [1.807, 2.05) is 0 Å². The molecule has 0 bridgehead atoms. The van der Waals surface area contributed by atoms with Crippen LogP contribution in [0.15, 0.2) is 17.4 Å². The van der Waals surface area contributed by atoms with Gasteiger partial charge in [-0.2, -0.15) is 0 Å². The summed E-state index contributed by atoms with van der Waals surface area (Å²) in [5, 5.41) is 0. The van der Waals surface area contributed by atoms with Crippen molar-refractivity contribution < 1.29 is 14.3 Å². The first-order valence-corrected chi connectivity index (χ1v) is 3.57. The van der Waals surface area contributed by atoms with E-state index >= 15 is 0 Å². The summed E-state index contributed by atoms with van der Waals surface area (Å²) in [5.74, 6) is -0.327. The van der Waals surface area contributed by atoms with Gasteiger partial charge < -0.3 is 4.74 Å². The zero-order chi connectivity index (χ0) is 9.14. The van der Waals surface area contributed by atoms with Gasteiger partial charge in [0, 0.05) is 11.6 Å². The van der Waals surface area contributed by atoms with Crippen molar-refractivity contribution in [1.29, 1.82) is 0 Å². The van der Waals surface area contributed by atoms with Gasteiger partial charge in [0.25, 0.3) is 0 Å². The highest BCUT2D eigenvalue weighted by molar-refractivity contribution is 6.10. The fourth-order valence-electron chi connectivity index (χ4n) is 0.966. The molecule has 0 saturated carbocycles. The predicted molar refractivity (Wildman–Crippen MR) is 42.2 cm³/mol. The van der Waals surface area contributed by atoms with E-state index in [1.165, 1.54) is 20.1 Å². The lowest BCUT2D eigenvalue weighted by Crippen LogP contribution is -2.12. The van der Waals surface area contributed by atoms with Gasteiger partial charge in [-0.1, -0.05) is 0 Å². The lowest BCUT2D eigenvalue weighted by Gasteiger charge is -2.10. The molecule has 1 heterocycles. The fraction of sp³-hybridized carbons (Fsp3) is 0.333. The normalized spacial score (nSPS) is 15.8. The Labute approximate surface area is 70.7 Å². The Kier molecular flexibility index (Phi) is 2.43. The third-order valence-electron chi connectivity index (χ3n) is 1.53. The number of rotatable bonds is 2. The molecule has 63 valence electrons. The van der Waals surface area contributed by atoms with Crippen molar-refractivity contribution in [3.63, 3.8) is 0 Å². The molecule has 0 saturated heterocycles. The van der Waals surface area contributed by atoms with E-state index in [4.69, 9.17) is 4.74 Å². The molecule has 0 unspecified atom stereocenters. The minimum atomic E-state index is -0.174. The Hall–Kier alpha value is -1.38. The van der Waals surface area contributed by atoms with Crippen molar-refractivity contribution >= 4 is 11.6 Å². The van der Waals surface area contributed by atoms with Gasteiger partial charge in [0.05, 0.1) is 11.8 Å². The van der Waals surface area contributed by atoms with Gasteiger partial charge in [-0.25, -0.2) is 0 Å². The number of allylic oxidation sites excluding steroid dienone is 2. The molecular formula is C9H9O3. The Morgan fingerprint density at radius 1 is 1.42 bits per heavy atom. The molecule has 0 atom stereocenters. The van der Waals surface area contributed by atoms with Crippen LogP contribution in [-0.2, 0) is 14.3 Å². The van der Waals surface area contributed by atoms with Crippen molar-refractivity contribution in [2.24, 2.45) is 0 Å². The molecule has 1 rings (SSSR count). The van der Waals surface area contributed by atoms with Gasteiger partial charge in [0.15, 0.2) is 11.6 Å². The number of Topliss-reactive ketones (excluding diaryl/α,β-unsaturated/α-hetero) is 2. The highest BCUT2D eigenvalue weighted by Crippen LogP contribution is 2.15. The van der Waals surface area contributed by atoms with Crippen LogP contribution in [0.5, 0.6) is 0 Å². The predicted octanol–water partition coefficient (Wildman–Crippen LogP) is 0.808. The summed E-state index contributed by atoms with van der Waals surface area (Å²) >= 11 is 0. The van der Waals surface area contributed by atoms with Crippen LogP contribution in [0.25, 0.3) is 0 Å². The van der Waals surface area contributed by atoms with Gasteiger partial charge in [-0.15, -0.1) is 0 Å². The van der Waals surface area contributed by atoms with E-state index in [-0.39, 0.29) is 18.2 Å². The summed E-state index contributed by atoms with van der Waals surface area (Å²) in [6, 6.07) is 0. The molecule has 1 aliphatic heterocycles. The average molecular weight is 165 g/mol. The molecule has 0 aromatic rings. The topological polar surface area (TPSA) is 43.4 Å².